The van der Waals surface area contributed by atoms with Crippen LogP contribution in [0.3, 0.4) is 0 Å². The van der Waals surface area contributed by atoms with Crippen molar-refractivity contribution in [1.29, 1.82) is 0 Å². The van der Waals surface area contributed by atoms with Gasteiger partial charge in [0.25, 0.3) is 5.69 Å². The second-order valence-corrected chi connectivity index (χ2v) is 6.49. The summed E-state index contributed by atoms with van der Waals surface area (Å²) < 4.78 is 1.74. The number of amides is 1. The number of nitrogens with zero attached hydrogens (tertiary/aromatic N) is 2. The van der Waals surface area contributed by atoms with E-state index in [9.17, 15) is 19.7 Å². The molecule has 0 saturated heterocycles. The number of hydrogen-bond acceptors (Lipinski definition) is 5. The van der Waals surface area contributed by atoms with Crippen LogP contribution in [0.2, 0.25) is 0 Å². The van der Waals surface area contributed by atoms with E-state index in [1.165, 1.54) is 18.2 Å². The van der Waals surface area contributed by atoms with Gasteiger partial charge in [-0.15, -0.1) is 0 Å². The lowest BCUT2D eigenvalue weighted by Crippen LogP contribution is -2.22. The molecule has 0 spiro atoms. The molecule has 0 bridgehead atoms. The Kier molecular flexibility index (Phi) is 4.44. The quantitative estimate of drug-likeness (QED) is 0.241. The number of para-hydroxylation sites is 3. The molecule has 144 valence electrons. The average molecular weight is 388 g/mol. The van der Waals surface area contributed by atoms with Gasteiger partial charge in [0.1, 0.15) is 12.2 Å². The van der Waals surface area contributed by atoms with Gasteiger partial charge >= 0.3 is 0 Å². The molecule has 0 radical (unpaired) electrons. The number of pyridine rings is 1. The highest BCUT2D eigenvalue weighted by Crippen LogP contribution is 2.29. The molecule has 0 unspecified atom stereocenters. The SMILES string of the molecule is Nc1c(NC(=O)Cn2c3ccccc3c(=O)c3ccccc32)cccc1[N+](=O)[O-]. The lowest BCUT2D eigenvalue weighted by molar-refractivity contribution is -0.383. The summed E-state index contributed by atoms with van der Waals surface area (Å²) in [6.45, 7) is -0.0938. The van der Waals surface area contributed by atoms with Crippen LogP contribution in [0.15, 0.2) is 71.5 Å². The molecule has 0 aliphatic rings. The zero-order valence-electron chi connectivity index (χ0n) is 15.2. The molecule has 0 fully saturated rings. The van der Waals surface area contributed by atoms with E-state index in [1.54, 1.807) is 53.1 Å². The minimum Gasteiger partial charge on any atom is -0.391 e. The van der Waals surface area contributed by atoms with E-state index < -0.39 is 10.8 Å². The van der Waals surface area contributed by atoms with Gasteiger partial charge in [0, 0.05) is 16.8 Å². The third-order valence-corrected chi connectivity index (χ3v) is 4.73. The molecule has 0 aliphatic carbocycles. The van der Waals surface area contributed by atoms with E-state index in [-0.39, 0.29) is 29.0 Å². The monoisotopic (exact) mass is 388 g/mol. The van der Waals surface area contributed by atoms with Crippen molar-refractivity contribution in [2.24, 2.45) is 0 Å². The highest BCUT2D eigenvalue weighted by Gasteiger charge is 2.17. The summed E-state index contributed by atoms with van der Waals surface area (Å²) in [4.78, 5) is 36.0. The van der Waals surface area contributed by atoms with Crippen molar-refractivity contribution in [2.75, 3.05) is 11.1 Å². The number of rotatable bonds is 4. The number of anilines is 2. The Hall–Kier alpha value is -4.20. The molecule has 0 aliphatic heterocycles. The number of carbonyl (C=O) groups excluding carboxylic acids is 1. The van der Waals surface area contributed by atoms with E-state index in [0.717, 1.165) is 0 Å². The topological polar surface area (TPSA) is 120 Å². The zero-order chi connectivity index (χ0) is 20.5. The Morgan fingerprint density at radius 2 is 1.55 bits per heavy atom. The normalized spacial score (nSPS) is 10.9. The molecule has 1 amide bonds. The zero-order valence-corrected chi connectivity index (χ0v) is 15.2. The molecule has 4 rings (SSSR count). The van der Waals surface area contributed by atoms with E-state index in [1.807, 2.05) is 0 Å². The van der Waals surface area contributed by atoms with Crippen molar-refractivity contribution in [1.82, 2.24) is 4.57 Å². The van der Waals surface area contributed by atoms with E-state index in [0.29, 0.717) is 21.8 Å². The molecule has 8 heteroatoms. The number of carbonyl (C=O) groups is 1. The summed E-state index contributed by atoms with van der Waals surface area (Å²) in [5, 5.41) is 14.7. The van der Waals surface area contributed by atoms with Crippen LogP contribution in [-0.4, -0.2) is 15.4 Å². The van der Waals surface area contributed by atoms with Gasteiger partial charge in [-0.3, -0.25) is 19.7 Å². The van der Waals surface area contributed by atoms with Gasteiger partial charge in [-0.1, -0.05) is 30.3 Å². The predicted molar refractivity (Wildman–Crippen MR) is 112 cm³/mol. The Labute approximate surface area is 164 Å². The predicted octanol–water partition coefficient (Wildman–Crippen LogP) is 3.28. The fourth-order valence-electron chi connectivity index (χ4n) is 3.40. The minimum atomic E-state index is -0.603. The summed E-state index contributed by atoms with van der Waals surface area (Å²) in [5.74, 6) is -0.420. The second kappa shape index (κ2) is 7.08. The fourth-order valence-corrected chi connectivity index (χ4v) is 3.40. The molecule has 8 nitrogen and oxygen atoms in total. The maximum Gasteiger partial charge on any atom is 0.294 e. The van der Waals surface area contributed by atoms with Crippen LogP contribution in [0.1, 0.15) is 0 Å². The van der Waals surface area contributed by atoms with Gasteiger partial charge in [0.15, 0.2) is 5.43 Å². The first-order valence-electron chi connectivity index (χ1n) is 8.80. The van der Waals surface area contributed by atoms with Gasteiger partial charge in [0.2, 0.25) is 5.91 Å². The smallest absolute Gasteiger partial charge is 0.294 e. The third-order valence-electron chi connectivity index (χ3n) is 4.73. The van der Waals surface area contributed by atoms with Crippen molar-refractivity contribution >= 4 is 44.8 Å². The van der Waals surface area contributed by atoms with Crippen molar-refractivity contribution in [2.45, 2.75) is 6.54 Å². The first-order chi connectivity index (χ1) is 14.0. The molecule has 4 aromatic rings. The summed E-state index contributed by atoms with van der Waals surface area (Å²) in [6.07, 6.45) is 0. The van der Waals surface area contributed by atoms with Crippen LogP contribution >= 0.6 is 0 Å². The van der Waals surface area contributed by atoms with Gasteiger partial charge in [-0.25, -0.2) is 0 Å². The number of nitrogens with one attached hydrogen (secondary N) is 1. The Balaban J connectivity index is 1.77. The third kappa shape index (κ3) is 3.16. The fraction of sp³-hybridized carbons (Fsp3) is 0.0476. The Morgan fingerprint density at radius 1 is 0.966 bits per heavy atom. The maximum absolute atomic E-state index is 12.8. The standard InChI is InChI=1S/C21H16N4O4/c22-20-15(8-5-11-18(20)25(28)29)23-19(26)12-24-16-9-3-1-6-13(16)21(27)14-7-2-4-10-17(14)24/h1-11H,12,22H2,(H,23,26). The van der Waals surface area contributed by atoms with Gasteiger partial charge in [-0.05, 0) is 30.3 Å². The lowest BCUT2D eigenvalue weighted by atomic mass is 10.1. The van der Waals surface area contributed by atoms with Crippen LogP contribution in [0.5, 0.6) is 0 Å². The van der Waals surface area contributed by atoms with Gasteiger partial charge in [0.05, 0.1) is 21.6 Å². The summed E-state index contributed by atoms with van der Waals surface area (Å²) in [6, 6.07) is 18.3. The van der Waals surface area contributed by atoms with E-state index in [4.69, 9.17) is 5.73 Å². The van der Waals surface area contributed by atoms with Crippen LogP contribution in [-0.2, 0) is 11.3 Å². The van der Waals surface area contributed by atoms with Crippen molar-refractivity contribution in [3.63, 3.8) is 0 Å². The first-order valence-corrected chi connectivity index (χ1v) is 8.80. The molecule has 3 N–H and O–H groups in total. The maximum atomic E-state index is 12.8. The number of fused-ring (bicyclic) bond motifs is 2. The van der Waals surface area contributed by atoms with Crippen LogP contribution in [0.4, 0.5) is 17.1 Å². The molecule has 1 aromatic heterocycles. The molecular formula is C21H16N4O4. The number of aromatic nitrogens is 1. The summed E-state index contributed by atoms with van der Waals surface area (Å²) >= 11 is 0. The van der Waals surface area contributed by atoms with Gasteiger partial charge < -0.3 is 15.6 Å². The van der Waals surface area contributed by atoms with Crippen LogP contribution in [0.25, 0.3) is 21.8 Å². The number of nitrogens with two attached hydrogens (primary N) is 1. The molecular weight excluding hydrogens is 372 g/mol. The average Bonchev–Trinajstić information content (AvgIpc) is 2.72. The number of nitro benzene ring substituents is 1. The lowest BCUT2D eigenvalue weighted by Gasteiger charge is -2.15. The summed E-state index contributed by atoms with van der Waals surface area (Å²) in [7, 11) is 0. The Bertz CT molecular complexity index is 1280. The van der Waals surface area contributed by atoms with Crippen LogP contribution in [0, 0.1) is 10.1 Å². The molecule has 3 aromatic carbocycles. The molecule has 0 atom stereocenters. The number of nitro groups is 1. The number of nitrogen functional groups attached to an aromatic ring is 1. The largest absolute Gasteiger partial charge is 0.391 e. The van der Waals surface area contributed by atoms with Crippen molar-refractivity contribution in [3.05, 3.63) is 87.1 Å². The molecule has 1 heterocycles. The first kappa shape index (κ1) is 18.2. The Morgan fingerprint density at radius 3 is 2.14 bits per heavy atom. The van der Waals surface area contributed by atoms with E-state index >= 15 is 0 Å². The van der Waals surface area contributed by atoms with Crippen molar-refractivity contribution in [3.8, 4) is 0 Å². The molecule has 29 heavy (non-hydrogen) atoms. The highest BCUT2D eigenvalue weighted by atomic mass is 16.6. The number of hydrogen-bond donors (Lipinski definition) is 2. The highest BCUT2D eigenvalue weighted by molar-refractivity contribution is 5.99. The second-order valence-electron chi connectivity index (χ2n) is 6.49. The molecule has 0 saturated carbocycles. The van der Waals surface area contributed by atoms with Crippen molar-refractivity contribution < 1.29 is 9.72 Å². The van der Waals surface area contributed by atoms with Crippen LogP contribution < -0.4 is 16.5 Å². The number of benzene rings is 3. The summed E-state index contributed by atoms with van der Waals surface area (Å²) in [5.41, 5.74) is 6.75. The van der Waals surface area contributed by atoms with E-state index in [2.05, 4.69) is 5.32 Å². The van der Waals surface area contributed by atoms with Gasteiger partial charge in [-0.2, -0.15) is 0 Å². The minimum absolute atomic E-state index is 0.0938.